The van der Waals surface area contributed by atoms with Crippen molar-refractivity contribution in [2.75, 3.05) is 12.4 Å². The average molecular weight is 549 g/mol. The molecule has 4 rings (SSSR count). The van der Waals surface area contributed by atoms with Crippen LogP contribution < -0.4 is 0 Å². The summed E-state index contributed by atoms with van der Waals surface area (Å²) in [5.41, 5.74) is 0.285. The second-order valence-electron chi connectivity index (χ2n) is 8.22. The summed E-state index contributed by atoms with van der Waals surface area (Å²) in [5.74, 6) is -3.68. The van der Waals surface area contributed by atoms with E-state index in [0.717, 1.165) is 6.07 Å². The zero-order chi connectivity index (χ0) is 27.1. The Balaban J connectivity index is 1.51. The number of aromatic hydroxyl groups is 3. The normalized spacial score (nSPS) is 13.3. The highest BCUT2D eigenvalue weighted by Gasteiger charge is 2.35. The first kappa shape index (κ1) is 26.3. The third kappa shape index (κ3) is 5.20. The van der Waals surface area contributed by atoms with Gasteiger partial charge in [-0.05, 0) is 54.3 Å². The SMILES string of the molecule is O=C1c2ccc(CCc3ccc(S(=O)(=O)CCOS(=O)(=O)O)cc3)c(O)c2C(=O)c2ccc(O)c(O)c21. The second-order valence-corrected chi connectivity index (χ2v) is 11.4. The van der Waals surface area contributed by atoms with E-state index < -0.39 is 55.7 Å². The molecule has 194 valence electrons. The van der Waals surface area contributed by atoms with Gasteiger partial charge in [-0.25, -0.2) is 12.6 Å². The molecule has 3 aromatic carbocycles. The van der Waals surface area contributed by atoms with Crippen LogP contribution in [0.2, 0.25) is 0 Å². The molecule has 13 heteroatoms. The molecule has 0 aliphatic heterocycles. The molecule has 11 nitrogen and oxygen atoms in total. The molecule has 3 aromatic rings. The molecule has 0 heterocycles. The highest BCUT2D eigenvalue weighted by atomic mass is 32.3. The van der Waals surface area contributed by atoms with Crippen molar-refractivity contribution in [1.82, 2.24) is 0 Å². The van der Waals surface area contributed by atoms with Crippen LogP contribution in [0.1, 0.15) is 43.0 Å². The number of aryl methyl sites for hydroxylation is 2. The molecule has 4 N–H and O–H groups in total. The maximum atomic E-state index is 13.0. The van der Waals surface area contributed by atoms with E-state index in [0.29, 0.717) is 17.5 Å². The number of carbonyl (C=O) groups is 2. The molecule has 0 saturated heterocycles. The average Bonchev–Trinajstić information content (AvgIpc) is 2.82. The van der Waals surface area contributed by atoms with Crippen LogP contribution in [0.25, 0.3) is 0 Å². The molecular formula is C24H20O11S2. The fraction of sp³-hybridized carbons (Fsp3) is 0.167. The van der Waals surface area contributed by atoms with Crippen LogP contribution in [0.15, 0.2) is 53.4 Å². The van der Waals surface area contributed by atoms with Crippen molar-refractivity contribution in [2.24, 2.45) is 0 Å². The number of phenols is 3. The molecule has 1 aliphatic carbocycles. The molecule has 0 spiro atoms. The predicted octanol–water partition coefficient (Wildman–Crippen LogP) is 1.96. The molecule has 37 heavy (non-hydrogen) atoms. The number of fused-ring (bicyclic) bond motifs is 2. The fourth-order valence-corrected chi connectivity index (χ4v) is 5.52. The minimum atomic E-state index is -4.75. The van der Waals surface area contributed by atoms with Crippen LogP contribution >= 0.6 is 0 Å². The van der Waals surface area contributed by atoms with Gasteiger partial charge in [-0.15, -0.1) is 0 Å². The second kappa shape index (κ2) is 9.59. The van der Waals surface area contributed by atoms with Crippen molar-refractivity contribution in [2.45, 2.75) is 17.7 Å². The van der Waals surface area contributed by atoms with E-state index in [9.17, 15) is 41.7 Å². The predicted molar refractivity (Wildman–Crippen MR) is 128 cm³/mol. The quantitative estimate of drug-likeness (QED) is 0.186. The lowest BCUT2D eigenvalue weighted by Crippen LogP contribution is -2.21. The van der Waals surface area contributed by atoms with Gasteiger partial charge in [0.25, 0.3) is 0 Å². The number of hydrogen-bond acceptors (Lipinski definition) is 10. The Morgan fingerprint density at radius 1 is 0.703 bits per heavy atom. The lowest BCUT2D eigenvalue weighted by molar-refractivity contribution is 0.0973. The molecule has 0 aromatic heterocycles. The van der Waals surface area contributed by atoms with Gasteiger partial charge in [0.05, 0.1) is 28.4 Å². The van der Waals surface area contributed by atoms with Gasteiger partial charge >= 0.3 is 10.4 Å². The van der Waals surface area contributed by atoms with E-state index in [4.69, 9.17) is 4.55 Å². The van der Waals surface area contributed by atoms with Crippen LogP contribution in [0, 0.1) is 0 Å². The van der Waals surface area contributed by atoms with Gasteiger partial charge in [0.15, 0.2) is 32.9 Å². The Labute approximate surface area is 211 Å². The highest BCUT2D eigenvalue weighted by Crippen LogP contribution is 2.41. The lowest BCUT2D eigenvalue weighted by atomic mass is 9.81. The first-order valence-electron chi connectivity index (χ1n) is 10.7. The van der Waals surface area contributed by atoms with Gasteiger partial charge in [0.2, 0.25) is 0 Å². The number of sulfone groups is 1. The molecule has 0 bridgehead atoms. The molecule has 0 atom stereocenters. The van der Waals surface area contributed by atoms with Crippen molar-refractivity contribution >= 4 is 31.8 Å². The monoisotopic (exact) mass is 548 g/mol. The summed E-state index contributed by atoms with van der Waals surface area (Å²) in [5, 5.41) is 30.6. The minimum Gasteiger partial charge on any atom is -0.507 e. The van der Waals surface area contributed by atoms with Crippen molar-refractivity contribution in [3.05, 3.63) is 81.9 Å². The summed E-state index contributed by atoms with van der Waals surface area (Å²) in [6, 6.07) is 10.8. The smallest absolute Gasteiger partial charge is 0.397 e. The molecular weight excluding hydrogens is 528 g/mol. The van der Waals surface area contributed by atoms with E-state index in [-0.39, 0.29) is 39.3 Å². The highest BCUT2D eigenvalue weighted by molar-refractivity contribution is 7.91. The molecule has 0 unspecified atom stereocenters. The number of carbonyl (C=O) groups excluding carboxylic acids is 2. The summed E-state index contributed by atoms with van der Waals surface area (Å²) in [7, 11) is -8.62. The summed E-state index contributed by atoms with van der Waals surface area (Å²) >= 11 is 0. The molecule has 0 fully saturated rings. The van der Waals surface area contributed by atoms with E-state index >= 15 is 0 Å². The Bertz CT molecular complexity index is 1640. The maximum Gasteiger partial charge on any atom is 0.397 e. The van der Waals surface area contributed by atoms with Gasteiger partial charge < -0.3 is 15.3 Å². The Hall–Kier alpha value is -3.78. The number of benzene rings is 3. The van der Waals surface area contributed by atoms with E-state index in [1.807, 2.05) is 0 Å². The fourth-order valence-electron chi connectivity index (χ4n) is 4.03. The molecule has 1 aliphatic rings. The van der Waals surface area contributed by atoms with Crippen LogP contribution in [-0.4, -0.2) is 60.6 Å². The van der Waals surface area contributed by atoms with Gasteiger partial charge in [-0.1, -0.05) is 18.2 Å². The largest absolute Gasteiger partial charge is 0.507 e. The zero-order valence-electron chi connectivity index (χ0n) is 18.9. The van der Waals surface area contributed by atoms with Crippen molar-refractivity contribution in [3.63, 3.8) is 0 Å². The summed E-state index contributed by atoms with van der Waals surface area (Å²) in [6.07, 6.45) is 0.578. The Morgan fingerprint density at radius 3 is 1.86 bits per heavy atom. The lowest BCUT2D eigenvalue weighted by Gasteiger charge is -2.21. The molecule has 0 amide bonds. The Kier molecular flexibility index (Phi) is 6.81. The van der Waals surface area contributed by atoms with Crippen molar-refractivity contribution in [3.8, 4) is 17.2 Å². The number of hydrogen-bond donors (Lipinski definition) is 4. The minimum absolute atomic E-state index is 0.0797. The summed E-state index contributed by atoms with van der Waals surface area (Å²) < 4.78 is 58.3. The van der Waals surface area contributed by atoms with E-state index in [1.54, 1.807) is 0 Å². The van der Waals surface area contributed by atoms with Crippen molar-refractivity contribution < 1.29 is 50.5 Å². The van der Waals surface area contributed by atoms with Gasteiger partial charge in [-0.3, -0.25) is 14.1 Å². The third-order valence-corrected chi connectivity index (χ3v) is 8.07. The van der Waals surface area contributed by atoms with Gasteiger partial charge in [0, 0.05) is 11.1 Å². The summed E-state index contributed by atoms with van der Waals surface area (Å²) in [6.45, 7) is -0.743. The summed E-state index contributed by atoms with van der Waals surface area (Å²) in [4.78, 5) is 25.8. The number of phenolic OH excluding ortho intramolecular Hbond substituents is 3. The van der Waals surface area contributed by atoms with Gasteiger partial charge in [-0.2, -0.15) is 8.42 Å². The molecule has 0 saturated carbocycles. The van der Waals surface area contributed by atoms with Crippen LogP contribution in [0.3, 0.4) is 0 Å². The van der Waals surface area contributed by atoms with Crippen LogP contribution in [0.4, 0.5) is 0 Å². The first-order chi connectivity index (χ1) is 17.3. The third-order valence-electron chi connectivity index (χ3n) is 5.91. The van der Waals surface area contributed by atoms with E-state index in [1.165, 1.54) is 42.5 Å². The van der Waals surface area contributed by atoms with Crippen molar-refractivity contribution in [1.29, 1.82) is 0 Å². The topological polar surface area (TPSA) is 193 Å². The number of ketones is 2. The standard InChI is InChI=1S/C24H20O11S2/c25-18-10-9-17-20(24(18)29)23(28)16-8-5-14(21(26)19(16)22(17)27)4-1-13-2-6-15(7-3-13)36(30,31)12-11-35-37(32,33)34/h2-3,5-10,25-26,29H,1,4,11-12H2,(H,32,33,34). The van der Waals surface area contributed by atoms with E-state index in [2.05, 4.69) is 4.18 Å². The van der Waals surface area contributed by atoms with Crippen LogP contribution in [-0.2, 0) is 37.3 Å². The molecule has 0 radical (unpaired) electrons. The van der Waals surface area contributed by atoms with Crippen LogP contribution in [0.5, 0.6) is 17.2 Å². The zero-order valence-corrected chi connectivity index (χ0v) is 20.5. The first-order valence-corrected chi connectivity index (χ1v) is 13.7. The Morgan fingerprint density at radius 2 is 1.27 bits per heavy atom. The maximum absolute atomic E-state index is 13.0. The number of rotatable bonds is 8. The van der Waals surface area contributed by atoms with Gasteiger partial charge in [0.1, 0.15) is 5.75 Å².